The number of hydrogen-bond donors (Lipinski definition) is 0. The highest BCUT2D eigenvalue weighted by atomic mass is 16.3. The molecule has 2 saturated heterocycles. The Hall–Kier alpha value is -3.00. The van der Waals surface area contributed by atoms with Gasteiger partial charge in [0, 0.05) is 0 Å². The van der Waals surface area contributed by atoms with Crippen LogP contribution in [0.4, 0.5) is 0 Å². The molecule has 33 heavy (non-hydrogen) atoms. The van der Waals surface area contributed by atoms with Crippen molar-refractivity contribution >= 4 is 23.6 Å². The van der Waals surface area contributed by atoms with Crippen molar-refractivity contribution < 1.29 is 23.6 Å². The normalized spacial score (nSPS) is 39.8. The number of nitrogens with zero attached hydrogens (tertiary/aromatic N) is 3. The summed E-state index contributed by atoms with van der Waals surface area (Å²) >= 11 is 0. The maximum absolute atomic E-state index is 13.2. The van der Waals surface area contributed by atoms with Crippen molar-refractivity contribution in [2.24, 2.45) is 47.3 Å². The number of carbonyl (C=O) groups excluding carboxylic acids is 4. The molecule has 6 aliphatic rings. The number of allylic oxidation sites excluding steroid dienone is 4. The lowest BCUT2D eigenvalue weighted by atomic mass is 9.85. The van der Waals surface area contributed by atoms with Crippen LogP contribution < -0.4 is 0 Å². The topological polar surface area (TPSA) is 91.1 Å². The Labute approximate surface area is 190 Å². The van der Waals surface area contributed by atoms with E-state index < -0.39 is 0 Å². The highest BCUT2D eigenvalue weighted by Crippen LogP contribution is 2.53. The second-order valence-electron chi connectivity index (χ2n) is 10.4. The van der Waals surface area contributed by atoms with Gasteiger partial charge in [-0.25, -0.2) is 0 Å². The van der Waals surface area contributed by atoms with Crippen LogP contribution in [-0.2, 0) is 25.7 Å². The smallest absolute Gasteiger partial charge is 0.234 e. The summed E-state index contributed by atoms with van der Waals surface area (Å²) in [5.74, 6) is -0.396. The van der Waals surface area contributed by atoms with Crippen LogP contribution in [0.1, 0.15) is 18.6 Å². The molecule has 7 rings (SSSR count). The van der Waals surface area contributed by atoms with E-state index in [1.165, 1.54) is 9.80 Å². The number of fused-ring (bicyclic) bond motifs is 10. The molecule has 8 unspecified atom stereocenters. The lowest BCUT2D eigenvalue weighted by Gasteiger charge is -2.30. The molecule has 170 valence electrons. The summed E-state index contributed by atoms with van der Waals surface area (Å²) in [5.41, 5.74) is 0. The Kier molecular flexibility index (Phi) is 3.99. The predicted molar refractivity (Wildman–Crippen MR) is 113 cm³/mol. The van der Waals surface area contributed by atoms with Crippen molar-refractivity contribution in [3.05, 3.63) is 48.5 Å². The van der Waals surface area contributed by atoms with Gasteiger partial charge in [-0.05, 0) is 48.6 Å². The van der Waals surface area contributed by atoms with Gasteiger partial charge in [-0.3, -0.25) is 33.9 Å². The number of rotatable bonds is 6. The third-order valence-electron chi connectivity index (χ3n) is 8.77. The van der Waals surface area contributed by atoms with Gasteiger partial charge in [0.15, 0.2) is 0 Å². The summed E-state index contributed by atoms with van der Waals surface area (Å²) in [6.45, 7) is 0.382. The molecule has 1 aromatic heterocycles. The van der Waals surface area contributed by atoms with E-state index in [4.69, 9.17) is 4.42 Å². The first kappa shape index (κ1) is 19.5. The van der Waals surface area contributed by atoms with Crippen LogP contribution in [0.25, 0.3) is 0 Å². The second kappa shape index (κ2) is 6.76. The Morgan fingerprint density at radius 2 is 1.15 bits per heavy atom. The third kappa shape index (κ3) is 2.61. The number of hydrogen-bond acceptors (Lipinski definition) is 6. The Morgan fingerprint density at radius 3 is 1.52 bits per heavy atom. The fraction of sp³-hybridized carbons (Fsp3) is 0.520. The molecular weight excluding hydrogens is 422 g/mol. The van der Waals surface area contributed by atoms with Crippen molar-refractivity contribution in [3.8, 4) is 0 Å². The minimum atomic E-state index is -0.269. The van der Waals surface area contributed by atoms with E-state index in [9.17, 15) is 19.2 Å². The molecule has 4 bridgehead atoms. The maximum atomic E-state index is 13.2. The lowest BCUT2D eigenvalue weighted by molar-refractivity contribution is -0.146. The van der Waals surface area contributed by atoms with Crippen molar-refractivity contribution in [2.45, 2.75) is 19.4 Å². The molecule has 2 aliphatic heterocycles. The van der Waals surface area contributed by atoms with Crippen LogP contribution in [0, 0.1) is 47.3 Å². The Balaban J connectivity index is 1.13. The summed E-state index contributed by atoms with van der Waals surface area (Å²) in [6.07, 6.45) is 11.6. The molecule has 8 heteroatoms. The first-order valence-electron chi connectivity index (χ1n) is 11.8. The highest BCUT2D eigenvalue weighted by Gasteiger charge is 2.61. The van der Waals surface area contributed by atoms with E-state index in [0.717, 1.165) is 12.8 Å². The van der Waals surface area contributed by atoms with Crippen molar-refractivity contribution in [3.63, 3.8) is 0 Å². The second-order valence-corrected chi connectivity index (χ2v) is 10.4. The van der Waals surface area contributed by atoms with Crippen molar-refractivity contribution in [1.29, 1.82) is 0 Å². The van der Waals surface area contributed by atoms with Gasteiger partial charge in [0.2, 0.25) is 23.6 Å². The summed E-state index contributed by atoms with van der Waals surface area (Å²) in [7, 11) is 0. The van der Waals surface area contributed by atoms with E-state index in [-0.39, 0.29) is 84.3 Å². The van der Waals surface area contributed by atoms with E-state index in [2.05, 4.69) is 24.3 Å². The molecule has 8 atom stereocenters. The van der Waals surface area contributed by atoms with Crippen LogP contribution in [0.5, 0.6) is 0 Å². The van der Waals surface area contributed by atoms with Crippen LogP contribution in [0.2, 0.25) is 0 Å². The molecule has 3 heterocycles. The summed E-state index contributed by atoms with van der Waals surface area (Å²) < 4.78 is 5.50. The van der Waals surface area contributed by atoms with Gasteiger partial charge in [-0.15, -0.1) is 0 Å². The van der Waals surface area contributed by atoms with E-state index in [1.54, 1.807) is 17.2 Å². The van der Waals surface area contributed by atoms with Crippen molar-refractivity contribution in [2.75, 3.05) is 13.3 Å². The van der Waals surface area contributed by atoms with Gasteiger partial charge in [0.1, 0.15) is 5.76 Å². The number of furan rings is 1. The molecule has 4 fully saturated rings. The van der Waals surface area contributed by atoms with Gasteiger partial charge in [-0.2, -0.15) is 0 Å². The zero-order chi connectivity index (χ0) is 22.4. The SMILES string of the molecule is O=C1C2C3C=CC(C3)C2C(=O)N1CN(Cc1ccco1)CN1C(=O)C2C3C=CC(C3)C2C1=O. The molecule has 4 aliphatic carbocycles. The number of carbonyl (C=O) groups is 4. The van der Waals surface area contributed by atoms with E-state index in [1.807, 2.05) is 6.07 Å². The summed E-state index contributed by atoms with van der Waals surface area (Å²) in [6, 6.07) is 3.58. The molecule has 4 amide bonds. The first-order valence-corrected chi connectivity index (χ1v) is 11.8. The summed E-state index contributed by atoms with van der Waals surface area (Å²) in [4.78, 5) is 57.3. The molecular formula is C25H25N3O5. The molecule has 0 spiro atoms. The van der Waals surface area contributed by atoms with Gasteiger partial charge >= 0.3 is 0 Å². The van der Waals surface area contributed by atoms with Gasteiger partial charge in [0.05, 0.1) is 49.8 Å². The van der Waals surface area contributed by atoms with Gasteiger partial charge in [-0.1, -0.05) is 24.3 Å². The maximum Gasteiger partial charge on any atom is 0.234 e. The quantitative estimate of drug-likeness (QED) is 0.486. The molecule has 0 radical (unpaired) electrons. The minimum Gasteiger partial charge on any atom is -0.468 e. The zero-order valence-electron chi connectivity index (χ0n) is 18.1. The minimum absolute atomic E-state index is 0.0440. The zero-order valence-corrected chi connectivity index (χ0v) is 18.1. The van der Waals surface area contributed by atoms with Crippen LogP contribution in [-0.4, -0.2) is 51.7 Å². The molecule has 8 nitrogen and oxygen atoms in total. The molecule has 0 N–H and O–H groups in total. The number of imide groups is 2. The third-order valence-corrected chi connectivity index (χ3v) is 8.77. The van der Waals surface area contributed by atoms with E-state index in [0.29, 0.717) is 12.3 Å². The number of likely N-dealkylation sites (tertiary alicyclic amines) is 2. The average Bonchev–Trinajstić information content (AvgIpc) is 3.63. The monoisotopic (exact) mass is 447 g/mol. The van der Waals surface area contributed by atoms with Gasteiger partial charge < -0.3 is 4.42 Å². The largest absolute Gasteiger partial charge is 0.468 e. The van der Waals surface area contributed by atoms with Crippen molar-refractivity contribution in [1.82, 2.24) is 14.7 Å². The summed E-state index contributed by atoms with van der Waals surface area (Å²) in [5, 5.41) is 0. The average molecular weight is 447 g/mol. The fourth-order valence-electron chi connectivity index (χ4n) is 7.37. The van der Waals surface area contributed by atoms with E-state index >= 15 is 0 Å². The predicted octanol–water partition coefficient (Wildman–Crippen LogP) is 1.61. The Bertz CT molecular complexity index is 993. The van der Waals surface area contributed by atoms with Gasteiger partial charge in [0.25, 0.3) is 0 Å². The van der Waals surface area contributed by atoms with Crippen LogP contribution in [0.15, 0.2) is 47.1 Å². The Morgan fingerprint density at radius 1 is 0.727 bits per heavy atom. The molecule has 0 aromatic carbocycles. The highest BCUT2D eigenvalue weighted by molar-refractivity contribution is 6.07. The van der Waals surface area contributed by atoms with Crippen LogP contribution in [0.3, 0.4) is 0 Å². The lowest BCUT2D eigenvalue weighted by Crippen LogP contribution is -2.48. The standard InChI is InChI=1S/C25H25N3O5/c29-22-18-13-3-4-14(8-13)19(18)23(30)27(22)11-26(10-17-2-1-7-33-17)12-28-24(31)20-15-5-6-16(9-15)21(20)25(28)32/h1-7,13-16,18-21H,8-12H2. The van der Waals surface area contributed by atoms with Crippen LogP contribution >= 0.6 is 0 Å². The fourth-order valence-corrected chi connectivity index (χ4v) is 7.37. The number of amides is 4. The molecule has 2 saturated carbocycles. The first-order chi connectivity index (χ1) is 16.0. The molecule has 1 aromatic rings.